The van der Waals surface area contributed by atoms with Crippen molar-refractivity contribution < 1.29 is 19.4 Å². The first-order valence-corrected chi connectivity index (χ1v) is 9.51. The minimum absolute atomic E-state index is 0.0101. The van der Waals surface area contributed by atoms with E-state index < -0.39 is 20.2 Å². The summed E-state index contributed by atoms with van der Waals surface area (Å²) in [4.78, 5) is 11.1. The number of carboxylic acid groups (broad SMARTS) is 1. The van der Waals surface area contributed by atoms with Crippen molar-refractivity contribution in [1.82, 2.24) is 0 Å². The lowest BCUT2D eigenvalue weighted by atomic mass is 9.97. The molecule has 106 valence electrons. The van der Waals surface area contributed by atoms with Crippen LogP contribution in [0.15, 0.2) is 0 Å². The van der Waals surface area contributed by atoms with Gasteiger partial charge in [0.25, 0.3) is 0 Å². The van der Waals surface area contributed by atoms with Gasteiger partial charge in [0.05, 0.1) is 5.92 Å². The maximum Gasteiger partial charge on any atom is 0.306 e. The van der Waals surface area contributed by atoms with E-state index in [1.54, 1.807) is 0 Å². The molecule has 0 bridgehead atoms. The number of rotatable bonds is 4. The van der Waals surface area contributed by atoms with Crippen LogP contribution in [0, 0.1) is 11.8 Å². The van der Waals surface area contributed by atoms with Crippen LogP contribution in [-0.4, -0.2) is 37.2 Å². The molecular formula is C13H26O4Si. The number of hydrogen-bond acceptors (Lipinski definition) is 3. The number of hydrogen-bond donors (Lipinski definition) is 2. The molecule has 0 aromatic carbocycles. The van der Waals surface area contributed by atoms with Crippen molar-refractivity contribution in [1.29, 1.82) is 0 Å². The normalized spacial score (nSPS) is 29.6. The van der Waals surface area contributed by atoms with Gasteiger partial charge in [-0.3, -0.25) is 4.79 Å². The summed E-state index contributed by atoms with van der Waals surface area (Å²) >= 11 is 0. The van der Waals surface area contributed by atoms with Crippen LogP contribution >= 0.6 is 0 Å². The van der Waals surface area contributed by atoms with Crippen molar-refractivity contribution in [2.45, 2.75) is 57.8 Å². The fourth-order valence-electron chi connectivity index (χ4n) is 2.27. The Balaban J connectivity index is 2.69. The minimum atomic E-state index is -1.85. The van der Waals surface area contributed by atoms with E-state index in [4.69, 9.17) is 9.53 Å². The fraction of sp³-hybridized carbons (Fsp3) is 0.923. The molecule has 18 heavy (non-hydrogen) atoms. The van der Waals surface area contributed by atoms with E-state index in [0.29, 0.717) is 12.8 Å². The Morgan fingerprint density at radius 1 is 1.33 bits per heavy atom. The summed E-state index contributed by atoms with van der Waals surface area (Å²) in [5.41, 5.74) is 0. The number of aliphatic hydroxyl groups is 1. The molecule has 1 aliphatic rings. The van der Waals surface area contributed by atoms with Gasteiger partial charge in [0.2, 0.25) is 0 Å². The Morgan fingerprint density at radius 2 is 1.89 bits per heavy atom. The molecule has 5 heteroatoms. The van der Waals surface area contributed by atoms with E-state index in [9.17, 15) is 9.90 Å². The molecule has 0 aromatic heterocycles. The van der Waals surface area contributed by atoms with Gasteiger partial charge in [0.1, 0.15) is 0 Å². The molecule has 0 spiro atoms. The molecule has 0 aromatic rings. The lowest BCUT2D eigenvalue weighted by Gasteiger charge is -2.38. The standard InChI is InChI=1S/C13H26O4Si/c1-13(2,3)18(4,5)17-10-6-9(8-14)11(7-10)12(15)16/h9-11,14H,6-8H2,1-5H3,(H,15,16)/t9-,10+,11+/m0/s1. The second-order valence-electron chi connectivity index (χ2n) is 6.86. The lowest BCUT2D eigenvalue weighted by Crippen LogP contribution is -2.43. The molecule has 1 saturated carbocycles. The Kier molecular flexibility index (Phi) is 4.62. The zero-order valence-corrected chi connectivity index (χ0v) is 13.1. The van der Waals surface area contributed by atoms with Gasteiger partial charge in [-0.15, -0.1) is 0 Å². The smallest absolute Gasteiger partial charge is 0.306 e. The molecule has 1 rings (SSSR count). The summed E-state index contributed by atoms with van der Waals surface area (Å²) in [6.07, 6.45) is 1.19. The molecule has 0 aliphatic heterocycles. The first kappa shape index (κ1) is 15.7. The van der Waals surface area contributed by atoms with E-state index in [1.165, 1.54) is 0 Å². The summed E-state index contributed by atoms with van der Waals surface area (Å²) in [5, 5.41) is 18.5. The van der Waals surface area contributed by atoms with Crippen LogP contribution < -0.4 is 0 Å². The zero-order valence-electron chi connectivity index (χ0n) is 12.1. The second-order valence-corrected chi connectivity index (χ2v) is 11.6. The predicted molar refractivity (Wildman–Crippen MR) is 73.0 cm³/mol. The van der Waals surface area contributed by atoms with Gasteiger partial charge >= 0.3 is 5.97 Å². The van der Waals surface area contributed by atoms with E-state index in [-0.39, 0.29) is 23.7 Å². The Bertz CT molecular complexity index is 309. The first-order valence-electron chi connectivity index (χ1n) is 6.60. The molecule has 0 unspecified atom stereocenters. The Hall–Kier alpha value is -0.393. The number of carbonyl (C=O) groups is 1. The third-order valence-corrected chi connectivity index (χ3v) is 9.01. The van der Waals surface area contributed by atoms with Crippen molar-refractivity contribution >= 4 is 14.3 Å². The Morgan fingerprint density at radius 3 is 2.22 bits per heavy atom. The van der Waals surface area contributed by atoms with Crippen molar-refractivity contribution in [2.75, 3.05) is 6.61 Å². The topological polar surface area (TPSA) is 66.8 Å². The van der Waals surface area contributed by atoms with E-state index in [2.05, 4.69) is 33.9 Å². The summed E-state index contributed by atoms with van der Waals surface area (Å²) in [5.74, 6) is -1.42. The van der Waals surface area contributed by atoms with Crippen LogP contribution in [0.1, 0.15) is 33.6 Å². The third kappa shape index (κ3) is 3.33. The minimum Gasteiger partial charge on any atom is -0.481 e. The molecule has 0 amide bonds. The van der Waals surface area contributed by atoms with Crippen molar-refractivity contribution in [3.8, 4) is 0 Å². The van der Waals surface area contributed by atoms with E-state index >= 15 is 0 Å². The van der Waals surface area contributed by atoms with E-state index in [1.807, 2.05) is 0 Å². The van der Waals surface area contributed by atoms with Crippen molar-refractivity contribution in [3.05, 3.63) is 0 Å². The van der Waals surface area contributed by atoms with Crippen LogP contribution in [0.5, 0.6) is 0 Å². The SMILES string of the molecule is CC(C)(C)[Si](C)(C)O[C@@H]1C[C@@H](CO)[C@H](C(=O)O)C1. The molecular weight excluding hydrogens is 248 g/mol. The maximum absolute atomic E-state index is 11.1. The van der Waals surface area contributed by atoms with Gasteiger partial charge in [-0.25, -0.2) is 0 Å². The lowest BCUT2D eigenvalue weighted by molar-refractivity contribution is -0.143. The zero-order chi connectivity index (χ0) is 14.1. The average Bonchev–Trinajstić information content (AvgIpc) is 2.58. The highest BCUT2D eigenvalue weighted by Crippen LogP contribution is 2.41. The molecule has 4 nitrogen and oxygen atoms in total. The van der Waals surface area contributed by atoms with Gasteiger partial charge < -0.3 is 14.6 Å². The highest BCUT2D eigenvalue weighted by molar-refractivity contribution is 6.74. The summed E-state index contributed by atoms with van der Waals surface area (Å²) in [7, 11) is -1.85. The van der Waals surface area contributed by atoms with Crippen LogP contribution in [0.4, 0.5) is 0 Å². The largest absolute Gasteiger partial charge is 0.481 e. The van der Waals surface area contributed by atoms with Crippen LogP contribution in [0.3, 0.4) is 0 Å². The first-order chi connectivity index (χ1) is 8.08. The third-order valence-electron chi connectivity index (χ3n) is 4.47. The molecule has 2 N–H and O–H groups in total. The molecule has 3 atom stereocenters. The van der Waals surface area contributed by atoms with Gasteiger partial charge in [0.15, 0.2) is 8.32 Å². The number of carboxylic acids is 1. The van der Waals surface area contributed by atoms with E-state index in [0.717, 1.165) is 0 Å². The summed E-state index contributed by atoms with van der Waals surface area (Å²) in [6, 6.07) is 0. The maximum atomic E-state index is 11.1. The summed E-state index contributed by atoms with van der Waals surface area (Å²) < 4.78 is 6.24. The number of aliphatic hydroxyl groups excluding tert-OH is 1. The van der Waals surface area contributed by atoms with Gasteiger partial charge in [-0.05, 0) is 36.9 Å². The molecule has 1 fully saturated rings. The van der Waals surface area contributed by atoms with Crippen LogP contribution in [0.25, 0.3) is 0 Å². The molecule has 0 heterocycles. The van der Waals surface area contributed by atoms with Crippen LogP contribution in [-0.2, 0) is 9.22 Å². The monoisotopic (exact) mass is 274 g/mol. The van der Waals surface area contributed by atoms with Gasteiger partial charge in [-0.1, -0.05) is 20.8 Å². The highest BCUT2D eigenvalue weighted by atomic mass is 28.4. The van der Waals surface area contributed by atoms with Crippen molar-refractivity contribution in [2.24, 2.45) is 11.8 Å². The molecule has 1 aliphatic carbocycles. The predicted octanol–water partition coefficient (Wildman–Crippen LogP) is 2.48. The quantitative estimate of drug-likeness (QED) is 0.773. The fourth-order valence-corrected chi connectivity index (χ4v) is 3.65. The second kappa shape index (κ2) is 5.31. The highest BCUT2D eigenvalue weighted by Gasteiger charge is 2.44. The van der Waals surface area contributed by atoms with Crippen LogP contribution in [0.2, 0.25) is 18.1 Å². The average molecular weight is 274 g/mol. The molecule has 0 saturated heterocycles. The Labute approximate surface area is 110 Å². The van der Waals surface area contributed by atoms with Crippen molar-refractivity contribution in [3.63, 3.8) is 0 Å². The molecule has 0 radical (unpaired) electrons. The summed E-state index contributed by atoms with van der Waals surface area (Å²) in [6.45, 7) is 10.8. The van der Waals surface area contributed by atoms with Gasteiger partial charge in [0, 0.05) is 12.7 Å². The number of aliphatic carboxylic acids is 1. The van der Waals surface area contributed by atoms with Gasteiger partial charge in [-0.2, -0.15) is 0 Å².